The van der Waals surface area contributed by atoms with Crippen molar-refractivity contribution in [3.63, 3.8) is 0 Å². The summed E-state index contributed by atoms with van der Waals surface area (Å²) in [6.07, 6.45) is 6.12. The highest BCUT2D eigenvalue weighted by Gasteiger charge is 2.25. The van der Waals surface area contributed by atoms with Crippen LogP contribution in [0.4, 0.5) is 13.2 Å². The molecule has 0 aromatic heterocycles. The molecule has 1 saturated carbocycles. The molecule has 0 spiro atoms. The first kappa shape index (κ1) is 15.8. The number of nitrogens with one attached hydrogen (secondary N) is 1. The Balaban J connectivity index is 2.20. The van der Waals surface area contributed by atoms with Gasteiger partial charge in [-0.1, -0.05) is 25.7 Å². The highest BCUT2D eigenvalue weighted by Crippen LogP contribution is 2.23. The molecule has 3 N–H and O–H groups in total. The summed E-state index contributed by atoms with van der Waals surface area (Å²) in [7, 11) is 0. The first-order valence-electron chi connectivity index (χ1n) is 7.19. The number of nitrogens with two attached hydrogens (primary N) is 1. The van der Waals surface area contributed by atoms with Gasteiger partial charge >= 0.3 is 0 Å². The maximum absolute atomic E-state index is 13.3. The van der Waals surface area contributed by atoms with Crippen LogP contribution in [0.5, 0.6) is 0 Å². The van der Waals surface area contributed by atoms with E-state index in [0.717, 1.165) is 50.7 Å². The van der Waals surface area contributed by atoms with Crippen molar-refractivity contribution in [3.8, 4) is 0 Å². The van der Waals surface area contributed by atoms with Crippen LogP contribution < -0.4 is 11.1 Å². The number of amides is 1. The fraction of sp³-hybridized carbons (Fsp3) is 0.533. The minimum Gasteiger partial charge on any atom is -0.368 e. The zero-order valence-electron chi connectivity index (χ0n) is 11.7. The predicted octanol–water partition coefficient (Wildman–Crippen LogP) is 2.94. The molecule has 1 aromatic rings. The van der Waals surface area contributed by atoms with Gasteiger partial charge in [-0.05, 0) is 30.5 Å². The number of carbonyl (C=O) groups excluding carboxylic acids is 1. The zero-order chi connectivity index (χ0) is 15.4. The highest BCUT2D eigenvalue weighted by atomic mass is 19.2. The van der Waals surface area contributed by atoms with Crippen molar-refractivity contribution in [1.82, 2.24) is 5.32 Å². The van der Waals surface area contributed by atoms with Crippen molar-refractivity contribution in [3.05, 3.63) is 35.1 Å². The first-order valence-corrected chi connectivity index (χ1v) is 7.19. The third kappa shape index (κ3) is 3.97. The Morgan fingerprint density at radius 2 is 1.62 bits per heavy atom. The largest absolute Gasteiger partial charge is 0.368 e. The lowest BCUT2D eigenvalue weighted by Crippen LogP contribution is -2.40. The summed E-state index contributed by atoms with van der Waals surface area (Å²) < 4.78 is 39.6. The van der Waals surface area contributed by atoms with Crippen LogP contribution in [0.3, 0.4) is 0 Å². The SMILES string of the molecule is NC(=O)C(NC1CCCCCC1)c1cc(F)c(F)c(F)c1. The zero-order valence-corrected chi connectivity index (χ0v) is 11.7. The Kier molecular flexibility index (Phi) is 5.22. The molecule has 0 heterocycles. The van der Waals surface area contributed by atoms with Crippen molar-refractivity contribution < 1.29 is 18.0 Å². The van der Waals surface area contributed by atoms with Gasteiger partial charge in [0.25, 0.3) is 0 Å². The van der Waals surface area contributed by atoms with Gasteiger partial charge in [-0.3, -0.25) is 10.1 Å². The van der Waals surface area contributed by atoms with Crippen LogP contribution in [0.15, 0.2) is 12.1 Å². The molecule has 1 unspecified atom stereocenters. The molecule has 1 aliphatic rings. The summed E-state index contributed by atoms with van der Waals surface area (Å²) in [6.45, 7) is 0. The maximum Gasteiger partial charge on any atom is 0.239 e. The average molecular weight is 300 g/mol. The fourth-order valence-electron chi connectivity index (χ4n) is 2.77. The van der Waals surface area contributed by atoms with Gasteiger partial charge in [-0.15, -0.1) is 0 Å². The first-order chi connectivity index (χ1) is 9.99. The molecule has 0 radical (unpaired) electrons. The van der Waals surface area contributed by atoms with Gasteiger partial charge in [-0.2, -0.15) is 0 Å². The second-order valence-corrected chi connectivity index (χ2v) is 5.49. The molecule has 0 aliphatic heterocycles. The molecule has 116 valence electrons. The van der Waals surface area contributed by atoms with Crippen LogP contribution in [0.2, 0.25) is 0 Å². The van der Waals surface area contributed by atoms with Gasteiger partial charge in [0.15, 0.2) is 17.5 Å². The van der Waals surface area contributed by atoms with Gasteiger partial charge in [-0.25, -0.2) is 13.2 Å². The standard InChI is InChI=1S/C15H19F3N2O/c16-11-7-9(8-12(17)13(11)18)14(15(19)21)20-10-5-3-1-2-4-6-10/h7-8,10,14,20H,1-6H2,(H2,19,21). The third-order valence-electron chi connectivity index (χ3n) is 3.88. The number of hydrogen-bond acceptors (Lipinski definition) is 2. The number of primary amides is 1. The number of benzene rings is 1. The van der Waals surface area contributed by atoms with Crippen molar-refractivity contribution in [2.45, 2.75) is 50.6 Å². The third-order valence-corrected chi connectivity index (χ3v) is 3.88. The molecule has 2 rings (SSSR count). The van der Waals surface area contributed by atoms with E-state index in [1.165, 1.54) is 0 Å². The van der Waals surface area contributed by atoms with E-state index in [-0.39, 0.29) is 11.6 Å². The number of halogens is 3. The topological polar surface area (TPSA) is 55.1 Å². The number of rotatable bonds is 4. The van der Waals surface area contributed by atoms with Crippen LogP contribution in [-0.2, 0) is 4.79 Å². The Hall–Kier alpha value is -1.56. The fourth-order valence-corrected chi connectivity index (χ4v) is 2.77. The highest BCUT2D eigenvalue weighted by molar-refractivity contribution is 5.81. The predicted molar refractivity (Wildman–Crippen MR) is 72.9 cm³/mol. The van der Waals surface area contributed by atoms with Crippen LogP contribution in [0.25, 0.3) is 0 Å². The van der Waals surface area contributed by atoms with Crippen LogP contribution >= 0.6 is 0 Å². The number of hydrogen-bond donors (Lipinski definition) is 2. The normalized spacial score (nSPS) is 18.2. The minimum absolute atomic E-state index is 0.0168. The van der Waals surface area contributed by atoms with Crippen LogP contribution in [-0.4, -0.2) is 11.9 Å². The Morgan fingerprint density at radius 3 is 2.10 bits per heavy atom. The molecule has 1 amide bonds. The van der Waals surface area contributed by atoms with Gasteiger partial charge in [0.05, 0.1) is 0 Å². The number of carbonyl (C=O) groups is 1. The molecule has 1 fully saturated rings. The van der Waals surface area contributed by atoms with Crippen molar-refractivity contribution >= 4 is 5.91 Å². The smallest absolute Gasteiger partial charge is 0.239 e. The molecular formula is C15H19F3N2O. The van der Waals surface area contributed by atoms with E-state index in [2.05, 4.69) is 5.32 Å². The lowest BCUT2D eigenvalue weighted by molar-refractivity contribution is -0.120. The maximum atomic E-state index is 13.3. The summed E-state index contributed by atoms with van der Waals surface area (Å²) in [4.78, 5) is 11.6. The quantitative estimate of drug-likeness (QED) is 0.663. The molecule has 1 atom stereocenters. The molecular weight excluding hydrogens is 281 g/mol. The Morgan fingerprint density at radius 1 is 1.10 bits per heavy atom. The summed E-state index contributed by atoms with van der Waals surface area (Å²) in [5.41, 5.74) is 5.34. The van der Waals surface area contributed by atoms with E-state index in [1.807, 2.05) is 0 Å². The summed E-state index contributed by atoms with van der Waals surface area (Å²) in [6, 6.07) is 0.689. The monoisotopic (exact) mass is 300 g/mol. The van der Waals surface area contributed by atoms with E-state index in [1.54, 1.807) is 0 Å². The van der Waals surface area contributed by atoms with E-state index in [0.29, 0.717) is 0 Å². The van der Waals surface area contributed by atoms with E-state index >= 15 is 0 Å². The van der Waals surface area contributed by atoms with Crippen LogP contribution in [0.1, 0.15) is 50.1 Å². The Labute approximate surface area is 121 Å². The van der Waals surface area contributed by atoms with Crippen molar-refractivity contribution in [2.24, 2.45) is 5.73 Å². The molecule has 3 nitrogen and oxygen atoms in total. The molecule has 0 saturated heterocycles. The molecule has 1 aromatic carbocycles. The van der Waals surface area contributed by atoms with E-state index in [4.69, 9.17) is 5.73 Å². The average Bonchev–Trinajstić information content (AvgIpc) is 2.70. The minimum atomic E-state index is -1.54. The Bertz CT molecular complexity index is 491. The summed E-state index contributed by atoms with van der Waals surface area (Å²) in [5, 5.41) is 3.06. The van der Waals surface area contributed by atoms with Gasteiger partial charge < -0.3 is 5.73 Å². The molecule has 1 aliphatic carbocycles. The van der Waals surface area contributed by atoms with E-state index in [9.17, 15) is 18.0 Å². The summed E-state index contributed by atoms with van der Waals surface area (Å²) >= 11 is 0. The lowest BCUT2D eigenvalue weighted by atomic mass is 10.0. The second-order valence-electron chi connectivity index (χ2n) is 5.49. The van der Waals surface area contributed by atoms with Gasteiger partial charge in [0.2, 0.25) is 5.91 Å². The van der Waals surface area contributed by atoms with Gasteiger partial charge in [0, 0.05) is 6.04 Å². The lowest BCUT2D eigenvalue weighted by Gasteiger charge is -2.23. The summed E-state index contributed by atoms with van der Waals surface area (Å²) in [5.74, 6) is -4.92. The van der Waals surface area contributed by atoms with Crippen molar-refractivity contribution in [1.29, 1.82) is 0 Å². The molecule has 0 bridgehead atoms. The second kappa shape index (κ2) is 6.93. The van der Waals surface area contributed by atoms with Crippen molar-refractivity contribution in [2.75, 3.05) is 0 Å². The molecule has 6 heteroatoms. The van der Waals surface area contributed by atoms with Crippen LogP contribution in [0, 0.1) is 17.5 Å². The molecule has 21 heavy (non-hydrogen) atoms. The van der Waals surface area contributed by atoms with Gasteiger partial charge in [0.1, 0.15) is 6.04 Å². The van der Waals surface area contributed by atoms with E-state index < -0.39 is 29.4 Å².